The van der Waals surface area contributed by atoms with Gasteiger partial charge in [0.15, 0.2) is 0 Å². The molecule has 1 saturated carbocycles. The number of hydrogen-bond acceptors (Lipinski definition) is 2. The zero-order chi connectivity index (χ0) is 13.5. The van der Waals surface area contributed by atoms with Gasteiger partial charge in [-0.25, -0.2) is 4.79 Å². The average molecular weight is 259 g/mol. The minimum absolute atomic E-state index is 0.309. The van der Waals surface area contributed by atoms with Crippen LogP contribution in [0.4, 0.5) is 18.9 Å². The van der Waals surface area contributed by atoms with Gasteiger partial charge in [0.05, 0.1) is 11.1 Å². The van der Waals surface area contributed by atoms with Crippen molar-refractivity contribution in [3.8, 4) is 0 Å². The highest BCUT2D eigenvalue weighted by Crippen LogP contribution is 2.36. The molecule has 0 aliphatic heterocycles. The van der Waals surface area contributed by atoms with Crippen molar-refractivity contribution < 1.29 is 23.1 Å². The van der Waals surface area contributed by atoms with E-state index in [9.17, 15) is 18.0 Å². The summed E-state index contributed by atoms with van der Waals surface area (Å²) < 4.78 is 37.9. The number of benzene rings is 1. The molecule has 98 valence electrons. The molecule has 1 aliphatic carbocycles. The van der Waals surface area contributed by atoms with Gasteiger partial charge in [-0.2, -0.15) is 13.2 Å². The van der Waals surface area contributed by atoms with E-state index in [2.05, 4.69) is 0 Å². The Balaban J connectivity index is 2.43. The highest BCUT2D eigenvalue weighted by Gasteiger charge is 2.36. The van der Waals surface area contributed by atoms with Crippen molar-refractivity contribution >= 4 is 11.7 Å². The number of halogens is 3. The van der Waals surface area contributed by atoms with E-state index in [0.29, 0.717) is 11.7 Å². The smallest absolute Gasteiger partial charge is 0.417 e. The van der Waals surface area contributed by atoms with Gasteiger partial charge < -0.3 is 10.0 Å². The number of carboxylic acids is 1. The maximum absolute atomic E-state index is 12.6. The molecule has 3 nitrogen and oxygen atoms in total. The first-order valence-electron chi connectivity index (χ1n) is 5.48. The van der Waals surface area contributed by atoms with Crippen LogP contribution in [0.25, 0.3) is 0 Å². The van der Waals surface area contributed by atoms with Crippen LogP contribution < -0.4 is 4.90 Å². The van der Waals surface area contributed by atoms with Crippen LogP contribution in [0.3, 0.4) is 0 Å². The fraction of sp³-hybridized carbons (Fsp3) is 0.417. The summed E-state index contributed by atoms with van der Waals surface area (Å²) in [5, 5.41) is 8.87. The maximum atomic E-state index is 12.6. The molecular formula is C12H12F3NO2. The zero-order valence-corrected chi connectivity index (χ0v) is 9.66. The van der Waals surface area contributed by atoms with Crippen LogP contribution in [-0.2, 0) is 6.18 Å². The third kappa shape index (κ3) is 2.42. The van der Waals surface area contributed by atoms with E-state index < -0.39 is 23.3 Å². The molecule has 1 aromatic carbocycles. The van der Waals surface area contributed by atoms with Crippen molar-refractivity contribution in [2.45, 2.75) is 25.1 Å². The summed E-state index contributed by atoms with van der Waals surface area (Å²) in [6, 6.07) is 3.54. The second kappa shape index (κ2) is 4.19. The number of rotatable bonds is 3. The minimum atomic E-state index is -4.65. The molecule has 0 aromatic heterocycles. The lowest BCUT2D eigenvalue weighted by Gasteiger charge is -2.20. The number of alkyl halides is 3. The fourth-order valence-electron chi connectivity index (χ4n) is 1.85. The van der Waals surface area contributed by atoms with Crippen molar-refractivity contribution in [2.75, 3.05) is 11.9 Å². The van der Waals surface area contributed by atoms with Crippen LogP contribution in [0.5, 0.6) is 0 Å². The summed E-state index contributed by atoms with van der Waals surface area (Å²) in [4.78, 5) is 12.7. The van der Waals surface area contributed by atoms with Crippen LogP contribution in [0.2, 0.25) is 0 Å². The number of nitrogens with zero attached hydrogens (tertiary/aromatic N) is 1. The minimum Gasteiger partial charge on any atom is -0.478 e. The molecule has 1 N–H and O–H groups in total. The molecular weight excluding hydrogens is 247 g/mol. The molecule has 1 aromatic rings. The molecule has 18 heavy (non-hydrogen) atoms. The first-order chi connectivity index (χ1) is 8.30. The standard InChI is InChI=1S/C12H12F3NO2/c1-16(7-2-3-7)8-4-5-10(12(13,14)15)9(6-8)11(17)18/h4-7H,2-3H2,1H3,(H,17,18). The molecule has 0 amide bonds. The van der Waals surface area contributed by atoms with Crippen LogP contribution in [0.15, 0.2) is 18.2 Å². The second-order valence-electron chi connectivity index (χ2n) is 4.37. The number of carbonyl (C=O) groups is 1. The molecule has 6 heteroatoms. The molecule has 0 radical (unpaired) electrons. The van der Waals surface area contributed by atoms with E-state index in [0.717, 1.165) is 25.0 Å². The van der Waals surface area contributed by atoms with Gasteiger partial charge >= 0.3 is 12.1 Å². The number of aromatic carboxylic acids is 1. The lowest BCUT2D eigenvalue weighted by atomic mass is 10.1. The van der Waals surface area contributed by atoms with Gasteiger partial charge in [-0.3, -0.25) is 0 Å². The second-order valence-corrected chi connectivity index (χ2v) is 4.37. The van der Waals surface area contributed by atoms with Gasteiger partial charge in [-0.05, 0) is 31.0 Å². The summed E-state index contributed by atoms with van der Waals surface area (Å²) in [6.45, 7) is 0. The maximum Gasteiger partial charge on any atom is 0.417 e. The van der Waals surface area contributed by atoms with Gasteiger partial charge in [-0.15, -0.1) is 0 Å². The molecule has 0 bridgehead atoms. The number of hydrogen-bond donors (Lipinski definition) is 1. The first-order valence-corrected chi connectivity index (χ1v) is 5.48. The van der Waals surface area contributed by atoms with E-state index in [1.807, 2.05) is 4.90 Å². The third-order valence-electron chi connectivity index (χ3n) is 3.04. The van der Waals surface area contributed by atoms with Gasteiger partial charge in [0.2, 0.25) is 0 Å². The molecule has 0 heterocycles. The Hall–Kier alpha value is -1.72. The quantitative estimate of drug-likeness (QED) is 0.907. The van der Waals surface area contributed by atoms with Crippen LogP contribution >= 0.6 is 0 Å². The lowest BCUT2D eigenvalue weighted by molar-refractivity contribution is -0.138. The first kappa shape index (κ1) is 12.7. The van der Waals surface area contributed by atoms with Crippen molar-refractivity contribution in [3.05, 3.63) is 29.3 Å². The van der Waals surface area contributed by atoms with Crippen molar-refractivity contribution in [1.82, 2.24) is 0 Å². The van der Waals surface area contributed by atoms with Crippen molar-refractivity contribution in [3.63, 3.8) is 0 Å². The SMILES string of the molecule is CN(c1ccc(C(F)(F)F)c(C(=O)O)c1)C1CC1. The largest absolute Gasteiger partial charge is 0.478 e. The van der Waals surface area contributed by atoms with E-state index >= 15 is 0 Å². The van der Waals surface area contributed by atoms with Gasteiger partial charge in [0, 0.05) is 18.8 Å². The number of carboxylic acid groups (broad SMARTS) is 1. The van der Waals surface area contributed by atoms with Crippen LogP contribution in [-0.4, -0.2) is 24.2 Å². The van der Waals surface area contributed by atoms with E-state index in [1.165, 1.54) is 6.07 Å². The van der Waals surface area contributed by atoms with Crippen LogP contribution in [0.1, 0.15) is 28.8 Å². The molecule has 0 spiro atoms. The summed E-state index contributed by atoms with van der Waals surface area (Å²) >= 11 is 0. The Kier molecular flexibility index (Phi) is 2.96. The highest BCUT2D eigenvalue weighted by molar-refractivity contribution is 5.91. The third-order valence-corrected chi connectivity index (χ3v) is 3.04. The Morgan fingerprint density at radius 3 is 2.44 bits per heavy atom. The fourth-order valence-corrected chi connectivity index (χ4v) is 1.85. The number of anilines is 1. The zero-order valence-electron chi connectivity index (χ0n) is 9.66. The normalized spacial score (nSPS) is 15.6. The average Bonchev–Trinajstić information content (AvgIpc) is 3.09. The van der Waals surface area contributed by atoms with Gasteiger partial charge in [-0.1, -0.05) is 0 Å². The Labute approximate surface area is 102 Å². The Morgan fingerprint density at radius 2 is 2.00 bits per heavy atom. The van der Waals surface area contributed by atoms with Crippen LogP contribution in [0, 0.1) is 0 Å². The topological polar surface area (TPSA) is 40.5 Å². The summed E-state index contributed by atoms with van der Waals surface area (Å²) in [5.41, 5.74) is -1.31. The highest BCUT2D eigenvalue weighted by atomic mass is 19.4. The molecule has 0 unspecified atom stereocenters. The molecule has 1 fully saturated rings. The molecule has 1 aliphatic rings. The summed E-state index contributed by atoms with van der Waals surface area (Å²) in [5.74, 6) is -1.56. The Bertz CT molecular complexity index is 481. The van der Waals surface area contributed by atoms with Gasteiger partial charge in [0.1, 0.15) is 0 Å². The van der Waals surface area contributed by atoms with Crippen molar-refractivity contribution in [1.29, 1.82) is 0 Å². The molecule has 2 rings (SSSR count). The monoisotopic (exact) mass is 259 g/mol. The predicted molar refractivity (Wildman–Crippen MR) is 59.8 cm³/mol. The van der Waals surface area contributed by atoms with E-state index in [4.69, 9.17) is 5.11 Å². The molecule has 0 saturated heterocycles. The van der Waals surface area contributed by atoms with Gasteiger partial charge in [0.25, 0.3) is 0 Å². The molecule has 0 atom stereocenters. The summed E-state index contributed by atoms with van der Waals surface area (Å²) in [7, 11) is 1.76. The van der Waals surface area contributed by atoms with E-state index in [1.54, 1.807) is 7.05 Å². The Morgan fingerprint density at radius 1 is 1.39 bits per heavy atom. The van der Waals surface area contributed by atoms with E-state index in [-0.39, 0.29) is 0 Å². The van der Waals surface area contributed by atoms with Crippen molar-refractivity contribution in [2.24, 2.45) is 0 Å². The lowest BCUT2D eigenvalue weighted by Crippen LogP contribution is -2.21. The summed E-state index contributed by atoms with van der Waals surface area (Å²) in [6.07, 6.45) is -2.68. The predicted octanol–water partition coefficient (Wildman–Crippen LogP) is 3.00.